The van der Waals surface area contributed by atoms with Crippen molar-refractivity contribution in [1.29, 1.82) is 0 Å². The molecule has 1 aliphatic carbocycles. The standard InChI is InChI=1S/C11H16F2O5/c12-11(13,8(14)15)9(16)2-4-10(5-3-9)17-6-1-7-18-10/h16H,1-7H2,(H,14,15). The van der Waals surface area contributed by atoms with Gasteiger partial charge < -0.3 is 19.7 Å². The van der Waals surface area contributed by atoms with Gasteiger partial charge in [0.1, 0.15) is 5.60 Å². The summed E-state index contributed by atoms with van der Waals surface area (Å²) >= 11 is 0. The molecular formula is C11H16F2O5. The molecule has 0 aromatic heterocycles. The summed E-state index contributed by atoms with van der Waals surface area (Å²) in [6.07, 6.45) is 0.189. The summed E-state index contributed by atoms with van der Waals surface area (Å²) < 4.78 is 37.8. The molecule has 0 radical (unpaired) electrons. The number of alkyl halides is 2. The Hall–Kier alpha value is -0.790. The van der Waals surface area contributed by atoms with Crippen molar-refractivity contribution in [3.05, 3.63) is 0 Å². The van der Waals surface area contributed by atoms with Gasteiger partial charge in [-0.15, -0.1) is 0 Å². The third-order valence-corrected chi connectivity index (χ3v) is 3.71. The molecule has 1 spiro atoms. The molecule has 0 aromatic carbocycles. The Morgan fingerprint density at radius 2 is 1.61 bits per heavy atom. The average Bonchev–Trinajstić information content (AvgIpc) is 2.34. The van der Waals surface area contributed by atoms with Crippen LogP contribution in [0.3, 0.4) is 0 Å². The Morgan fingerprint density at radius 1 is 1.11 bits per heavy atom. The number of aliphatic carboxylic acids is 1. The molecule has 2 aliphatic rings. The van der Waals surface area contributed by atoms with Crippen LogP contribution < -0.4 is 0 Å². The second-order valence-electron chi connectivity index (χ2n) is 4.87. The third-order valence-electron chi connectivity index (χ3n) is 3.71. The molecule has 2 N–H and O–H groups in total. The van der Waals surface area contributed by atoms with Crippen molar-refractivity contribution in [2.45, 2.75) is 49.4 Å². The molecule has 2 fully saturated rings. The molecular weight excluding hydrogens is 250 g/mol. The van der Waals surface area contributed by atoms with Gasteiger partial charge in [0.15, 0.2) is 5.79 Å². The molecule has 7 heteroatoms. The van der Waals surface area contributed by atoms with Gasteiger partial charge in [0.2, 0.25) is 0 Å². The van der Waals surface area contributed by atoms with Gasteiger partial charge in [0.05, 0.1) is 13.2 Å². The van der Waals surface area contributed by atoms with E-state index >= 15 is 0 Å². The minimum Gasteiger partial charge on any atom is -0.477 e. The maximum Gasteiger partial charge on any atom is 0.377 e. The van der Waals surface area contributed by atoms with Crippen LogP contribution in [0.25, 0.3) is 0 Å². The molecule has 18 heavy (non-hydrogen) atoms. The van der Waals surface area contributed by atoms with Crippen molar-refractivity contribution in [2.24, 2.45) is 0 Å². The second-order valence-corrected chi connectivity index (χ2v) is 4.87. The molecule has 2 rings (SSSR count). The van der Waals surface area contributed by atoms with Crippen LogP contribution in [0.1, 0.15) is 32.1 Å². The number of halogens is 2. The van der Waals surface area contributed by atoms with E-state index in [-0.39, 0.29) is 25.7 Å². The van der Waals surface area contributed by atoms with Crippen LogP contribution in [0.15, 0.2) is 0 Å². The first-order valence-corrected chi connectivity index (χ1v) is 5.93. The SMILES string of the molecule is O=C(O)C(F)(F)C1(O)CCC2(CC1)OCCCO2. The third kappa shape index (κ3) is 2.10. The monoisotopic (exact) mass is 266 g/mol. The van der Waals surface area contributed by atoms with Gasteiger partial charge in [-0.2, -0.15) is 8.78 Å². The van der Waals surface area contributed by atoms with Crippen molar-refractivity contribution >= 4 is 5.97 Å². The van der Waals surface area contributed by atoms with Crippen LogP contribution in [0.4, 0.5) is 8.78 Å². The number of rotatable bonds is 2. The predicted octanol–water partition coefficient (Wildman–Crippen LogP) is 1.14. The summed E-state index contributed by atoms with van der Waals surface area (Å²) in [7, 11) is 0. The van der Waals surface area contributed by atoms with Gasteiger partial charge >= 0.3 is 11.9 Å². The first-order valence-electron chi connectivity index (χ1n) is 5.93. The molecule has 0 amide bonds. The Bertz CT molecular complexity index is 328. The maximum absolute atomic E-state index is 13.4. The Morgan fingerprint density at radius 3 is 2.06 bits per heavy atom. The van der Waals surface area contributed by atoms with Crippen LogP contribution >= 0.6 is 0 Å². The molecule has 0 bridgehead atoms. The molecule has 1 heterocycles. The number of hydrogen-bond donors (Lipinski definition) is 2. The van der Waals surface area contributed by atoms with Gasteiger partial charge in [0, 0.05) is 12.8 Å². The van der Waals surface area contributed by atoms with Crippen molar-refractivity contribution in [3.63, 3.8) is 0 Å². The van der Waals surface area contributed by atoms with Gasteiger partial charge in [-0.25, -0.2) is 4.79 Å². The van der Waals surface area contributed by atoms with Gasteiger partial charge in [-0.1, -0.05) is 0 Å². The van der Waals surface area contributed by atoms with E-state index in [2.05, 4.69) is 0 Å². The lowest BCUT2D eigenvalue weighted by Crippen LogP contribution is -2.58. The lowest BCUT2D eigenvalue weighted by atomic mass is 9.77. The summed E-state index contributed by atoms with van der Waals surface area (Å²) in [5.74, 6) is -7.37. The van der Waals surface area contributed by atoms with Crippen molar-refractivity contribution in [3.8, 4) is 0 Å². The summed E-state index contributed by atoms with van der Waals surface area (Å²) in [5, 5.41) is 18.3. The molecule has 1 saturated carbocycles. The van der Waals surface area contributed by atoms with E-state index in [9.17, 15) is 18.7 Å². The van der Waals surface area contributed by atoms with Crippen LogP contribution in [0.5, 0.6) is 0 Å². The van der Waals surface area contributed by atoms with E-state index in [1.54, 1.807) is 0 Å². The topological polar surface area (TPSA) is 76.0 Å². The molecule has 5 nitrogen and oxygen atoms in total. The highest BCUT2D eigenvalue weighted by molar-refractivity contribution is 5.77. The fraction of sp³-hybridized carbons (Fsp3) is 0.909. The fourth-order valence-corrected chi connectivity index (χ4v) is 2.46. The summed E-state index contributed by atoms with van der Waals surface area (Å²) in [4.78, 5) is 10.5. The van der Waals surface area contributed by atoms with Crippen LogP contribution in [-0.2, 0) is 14.3 Å². The van der Waals surface area contributed by atoms with Crippen molar-refractivity contribution in [2.75, 3.05) is 13.2 Å². The first-order chi connectivity index (χ1) is 8.31. The molecule has 1 aliphatic heterocycles. The fourth-order valence-electron chi connectivity index (χ4n) is 2.46. The molecule has 0 atom stereocenters. The number of carbonyl (C=O) groups is 1. The summed E-state index contributed by atoms with van der Waals surface area (Å²) in [5.41, 5.74) is -2.52. The summed E-state index contributed by atoms with van der Waals surface area (Å²) in [6, 6.07) is 0. The van der Waals surface area contributed by atoms with Crippen LogP contribution in [0, 0.1) is 0 Å². The zero-order chi connectivity index (χ0) is 13.4. The Labute approximate surface area is 103 Å². The van der Waals surface area contributed by atoms with Crippen LogP contribution in [-0.4, -0.2) is 46.7 Å². The average molecular weight is 266 g/mol. The number of carboxylic acids is 1. The summed E-state index contributed by atoms with van der Waals surface area (Å²) in [6.45, 7) is 0.988. The second kappa shape index (κ2) is 4.40. The predicted molar refractivity (Wildman–Crippen MR) is 55.3 cm³/mol. The minimum absolute atomic E-state index is 0.0758. The van der Waals surface area contributed by atoms with Crippen LogP contribution in [0.2, 0.25) is 0 Å². The number of hydrogen-bond acceptors (Lipinski definition) is 4. The van der Waals surface area contributed by atoms with Gasteiger partial charge in [0.25, 0.3) is 0 Å². The molecule has 0 unspecified atom stereocenters. The Balaban J connectivity index is 2.07. The van der Waals surface area contributed by atoms with Gasteiger partial charge in [-0.05, 0) is 19.3 Å². The minimum atomic E-state index is -4.15. The smallest absolute Gasteiger partial charge is 0.377 e. The highest BCUT2D eigenvalue weighted by atomic mass is 19.3. The van der Waals surface area contributed by atoms with E-state index in [4.69, 9.17) is 14.6 Å². The van der Waals surface area contributed by atoms with Crippen molar-refractivity contribution < 1.29 is 33.3 Å². The Kier molecular flexibility index (Phi) is 3.33. The quantitative estimate of drug-likeness (QED) is 0.784. The van der Waals surface area contributed by atoms with E-state index < -0.39 is 23.3 Å². The largest absolute Gasteiger partial charge is 0.477 e. The number of ether oxygens (including phenoxy) is 2. The zero-order valence-corrected chi connectivity index (χ0v) is 9.82. The number of aliphatic hydroxyl groups is 1. The highest BCUT2D eigenvalue weighted by Crippen LogP contribution is 2.46. The molecule has 0 aromatic rings. The number of carboxylic acid groups (broad SMARTS) is 1. The van der Waals surface area contributed by atoms with E-state index in [0.29, 0.717) is 13.2 Å². The van der Waals surface area contributed by atoms with E-state index in [1.165, 1.54) is 0 Å². The highest BCUT2D eigenvalue weighted by Gasteiger charge is 2.61. The van der Waals surface area contributed by atoms with E-state index in [0.717, 1.165) is 6.42 Å². The first kappa shape index (κ1) is 13.6. The lowest BCUT2D eigenvalue weighted by molar-refractivity contribution is -0.306. The van der Waals surface area contributed by atoms with Gasteiger partial charge in [-0.3, -0.25) is 0 Å². The van der Waals surface area contributed by atoms with Crippen molar-refractivity contribution in [1.82, 2.24) is 0 Å². The molecule has 104 valence electrons. The maximum atomic E-state index is 13.4. The lowest BCUT2D eigenvalue weighted by Gasteiger charge is -2.46. The zero-order valence-electron chi connectivity index (χ0n) is 9.82. The molecule has 1 saturated heterocycles. The normalized spacial score (nSPS) is 27.1. The van der Waals surface area contributed by atoms with E-state index in [1.807, 2.05) is 0 Å².